The molecular formula is C13H19NO2. The van der Waals surface area contributed by atoms with E-state index in [1.807, 2.05) is 39.0 Å². The van der Waals surface area contributed by atoms with Crippen LogP contribution in [-0.2, 0) is 11.2 Å². The Balaban J connectivity index is 2.76. The lowest BCUT2D eigenvalue weighted by molar-refractivity contribution is -0.136. The van der Waals surface area contributed by atoms with E-state index in [2.05, 4.69) is 0 Å². The summed E-state index contributed by atoms with van der Waals surface area (Å²) >= 11 is 0. The van der Waals surface area contributed by atoms with Crippen molar-refractivity contribution in [2.45, 2.75) is 33.2 Å². The number of rotatable bonds is 4. The fourth-order valence-corrected chi connectivity index (χ4v) is 1.34. The average molecular weight is 221 g/mol. The standard InChI is InChI=1S/C13H19NO2/c1-4-10-7-5-6-8-11(10)16-13(15)12(14)9(2)3/h5-9,12H,4,14H2,1-3H3. The molecule has 1 aromatic rings. The molecule has 1 aromatic carbocycles. The molecule has 16 heavy (non-hydrogen) atoms. The van der Waals surface area contributed by atoms with Gasteiger partial charge in [-0.15, -0.1) is 0 Å². The minimum absolute atomic E-state index is 0.0845. The highest BCUT2D eigenvalue weighted by Gasteiger charge is 2.20. The van der Waals surface area contributed by atoms with Gasteiger partial charge in [0.25, 0.3) is 0 Å². The van der Waals surface area contributed by atoms with Gasteiger partial charge in [0.05, 0.1) is 0 Å². The third kappa shape index (κ3) is 3.07. The Hall–Kier alpha value is -1.35. The lowest BCUT2D eigenvalue weighted by atomic mass is 10.1. The monoisotopic (exact) mass is 221 g/mol. The molecule has 1 atom stereocenters. The van der Waals surface area contributed by atoms with Crippen molar-refractivity contribution < 1.29 is 9.53 Å². The van der Waals surface area contributed by atoms with Crippen LogP contribution in [-0.4, -0.2) is 12.0 Å². The molecule has 0 saturated carbocycles. The molecule has 3 heteroatoms. The van der Waals surface area contributed by atoms with Crippen LogP contribution in [0.2, 0.25) is 0 Å². The molecular weight excluding hydrogens is 202 g/mol. The largest absolute Gasteiger partial charge is 0.425 e. The lowest BCUT2D eigenvalue weighted by Crippen LogP contribution is -2.38. The molecule has 1 unspecified atom stereocenters. The highest BCUT2D eigenvalue weighted by Crippen LogP contribution is 2.19. The van der Waals surface area contributed by atoms with Gasteiger partial charge in [0.1, 0.15) is 11.8 Å². The number of benzene rings is 1. The molecule has 0 heterocycles. The van der Waals surface area contributed by atoms with Gasteiger partial charge in [-0.25, -0.2) is 4.79 Å². The molecule has 0 aliphatic rings. The first kappa shape index (κ1) is 12.7. The summed E-state index contributed by atoms with van der Waals surface area (Å²) < 4.78 is 5.30. The smallest absolute Gasteiger partial charge is 0.328 e. The molecule has 0 radical (unpaired) electrons. The number of carbonyl (C=O) groups excluding carboxylic acids is 1. The van der Waals surface area contributed by atoms with Gasteiger partial charge >= 0.3 is 5.97 Å². The Morgan fingerprint density at radius 3 is 2.56 bits per heavy atom. The topological polar surface area (TPSA) is 52.3 Å². The van der Waals surface area contributed by atoms with Crippen molar-refractivity contribution in [3.63, 3.8) is 0 Å². The molecule has 0 amide bonds. The van der Waals surface area contributed by atoms with Gasteiger partial charge in [-0.3, -0.25) is 0 Å². The minimum atomic E-state index is -0.565. The normalized spacial score (nSPS) is 12.6. The van der Waals surface area contributed by atoms with Gasteiger partial charge in [0.15, 0.2) is 0 Å². The van der Waals surface area contributed by atoms with Crippen molar-refractivity contribution >= 4 is 5.97 Å². The van der Waals surface area contributed by atoms with Gasteiger partial charge in [-0.2, -0.15) is 0 Å². The summed E-state index contributed by atoms with van der Waals surface area (Å²) in [5.41, 5.74) is 6.75. The predicted molar refractivity (Wildman–Crippen MR) is 64.3 cm³/mol. The maximum atomic E-state index is 11.7. The molecule has 0 aromatic heterocycles. The molecule has 0 saturated heterocycles. The van der Waals surface area contributed by atoms with Crippen molar-refractivity contribution in [2.75, 3.05) is 0 Å². The van der Waals surface area contributed by atoms with Crippen LogP contribution in [0.25, 0.3) is 0 Å². The average Bonchev–Trinajstić information content (AvgIpc) is 2.28. The van der Waals surface area contributed by atoms with Crippen LogP contribution in [0, 0.1) is 5.92 Å². The molecule has 0 aliphatic carbocycles. The second-order valence-electron chi connectivity index (χ2n) is 4.15. The Kier molecular flexibility index (Phi) is 4.50. The molecule has 0 spiro atoms. The number of hydrogen-bond donors (Lipinski definition) is 1. The first-order valence-electron chi connectivity index (χ1n) is 5.61. The Morgan fingerprint density at radius 1 is 1.38 bits per heavy atom. The van der Waals surface area contributed by atoms with Crippen LogP contribution in [0.4, 0.5) is 0 Å². The van der Waals surface area contributed by atoms with Crippen LogP contribution >= 0.6 is 0 Å². The van der Waals surface area contributed by atoms with E-state index in [1.54, 1.807) is 6.07 Å². The van der Waals surface area contributed by atoms with E-state index in [-0.39, 0.29) is 11.9 Å². The zero-order chi connectivity index (χ0) is 12.1. The zero-order valence-electron chi connectivity index (χ0n) is 10.1. The van der Waals surface area contributed by atoms with Gasteiger partial charge in [0.2, 0.25) is 0 Å². The summed E-state index contributed by atoms with van der Waals surface area (Å²) in [7, 11) is 0. The maximum Gasteiger partial charge on any atom is 0.328 e. The van der Waals surface area contributed by atoms with Gasteiger partial charge in [-0.1, -0.05) is 39.0 Å². The van der Waals surface area contributed by atoms with E-state index in [0.29, 0.717) is 5.75 Å². The van der Waals surface area contributed by atoms with Crippen molar-refractivity contribution in [2.24, 2.45) is 11.7 Å². The Labute approximate surface area is 96.6 Å². The maximum absolute atomic E-state index is 11.7. The third-order valence-corrected chi connectivity index (χ3v) is 2.55. The zero-order valence-corrected chi connectivity index (χ0v) is 10.1. The van der Waals surface area contributed by atoms with Crippen molar-refractivity contribution in [1.29, 1.82) is 0 Å². The number of nitrogens with two attached hydrogens (primary N) is 1. The number of aryl methyl sites for hydroxylation is 1. The second-order valence-corrected chi connectivity index (χ2v) is 4.15. The summed E-state index contributed by atoms with van der Waals surface area (Å²) in [5, 5.41) is 0. The number of esters is 1. The summed E-state index contributed by atoms with van der Waals surface area (Å²) in [6.45, 7) is 5.82. The summed E-state index contributed by atoms with van der Waals surface area (Å²) in [5.74, 6) is 0.336. The Bertz CT molecular complexity index is 361. The van der Waals surface area contributed by atoms with E-state index in [0.717, 1.165) is 12.0 Å². The first-order chi connectivity index (χ1) is 7.56. The van der Waals surface area contributed by atoms with E-state index < -0.39 is 6.04 Å². The Morgan fingerprint density at radius 2 is 2.00 bits per heavy atom. The lowest BCUT2D eigenvalue weighted by Gasteiger charge is -2.15. The van der Waals surface area contributed by atoms with Crippen molar-refractivity contribution in [1.82, 2.24) is 0 Å². The molecule has 0 aliphatic heterocycles. The van der Waals surface area contributed by atoms with E-state index in [1.165, 1.54) is 0 Å². The molecule has 88 valence electrons. The number of hydrogen-bond acceptors (Lipinski definition) is 3. The highest BCUT2D eigenvalue weighted by atomic mass is 16.5. The van der Waals surface area contributed by atoms with Gasteiger partial charge < -0.3 is 10.5 Å². The minimum Gasteiger partial charge on any atom is -0.425 e. The summed E-state index contributed by atoms with van der Waals surface area (Å²) in [4.78, 5) is 11.7. The van der Waals surface area contributed by atoms with Crippen LogP contribution in [0.3, 0.4) is 0 Å². The second kappa shape index (κ2) is 5.66. The summed E-state index contributed by atoms with van der Waals surface area (Å²) in [6, 6.07) is 6.96. The fraction of sp³-hybridized carbons (Fsp3) is 0.462. The van der Waals surface area contributed by atoms with Crippen molar-refractivity contribution in [3.8, 4) is 5.75 Å². The van der Waals surface area contributed by atoms with Crippen LogP contribution in [0.1, 0.15) is 26.3 Å². The van der Waals surface area contributed by atoms with E-state index in [9.17, 15) is 4.79 Å². The summed E-state index contributed by atoms with van der Waals surface area (Å²) in [6.07, 6.45) is 0.834. The quantitative estimate of drug-likeness (QED) is 0.626. The highest BCUT2D eigenvalue weighted by molar-refractivity contribution is 5.78. The molecule has 1 rings (SSSR count). The first-order valence-corrected chi connectivity index (χ1v) is 5.61. The van der Waals surface area contributed by atoms with E-state index in [4.69, 9.17) is 10.5 Å². The number of ether oxygens (including phenoxy) is 1. The number of para-hydroxylation sites is 1. The molecule has 0 fully saturated rings. The van der Waals surface area contributed by atoms with Gasteiger partial charge in [0, 0.05) is 0 Å². The van der Waals surface area contributed by atoms with Gasteiger partial charge in [-0.05, 0) is 24.0 Å². The van der Waals surface area contributed by atoms with Crippen LogP contribution < -0.4 is 10.5 Å². The van der Waals surface area contributed by atoms with E-state index >= 15 is 0 Å². The third-order valence-electron chi connectivity index (χ3n) is 2.55. The molecule has 2 N–H and O–H groups in total. The molecule has 0 bridgehead atoms. The fourth-order valence-electron chi connectivity index (χ4n) is 1.34. The molecule has 3 nitrogen and oxygen atoms in total. The SMILES string of the molecule is CCc1ccccc1OC(=O)C(N)C(C)C. The number of carbonyl (C=O) groups is 1. The predicted octanol–water partition coefficient (Wildman–Crippen LogP) is 2.14. The van der Waals surface area contributed by atoms with Crippen LogP contribution in [0.15, 0.2) is 24.3 Å². The van der Waals surface area contributed by atoms with Crippen LogP contribution in [0.5, 0.6) is 5.75 Å². The van der Waals surface area contributed by atoms with Crippen molar-refractivity contribution in [3.05, 3.63) is 29.8 Å².